The van der Waals surface area contributed by atoms with Gasteiger partial charge >= 0.3 is 5.97 Å². The molecule has 4 aromatic rings. The van der Waals surface area contributed by atoms with Gasteiger partial charge in [0.1, 0.15) is 24.2 Å². The lowest BCUT2D eigenvalue weighted by molar-refractivity contribution is -0.119. The van der Waals surface area contributed by atoms with E-state index in [4.69, 9.17) is 21.4 Å². The van der Waals surface area contributed by atoms with Crippen LogP contribution in [0.2, 0.25) is 0 Å². The molecular formula is C28H24N4O5S. The Balaban J connectivity index is 1.53. The first-order valence-electron chi connectivity index (χ1n) is 11.8. The molecule has 1 aliphatic heterocycles. The molecule has 1 fully saturated rings. The number of nitrogens with zero attached hydrogens (tertiary/aromatic N) is 2. The van der Waals surface area contributed by atoms with Crippen molar-refractivity contribution >= 4 is 40.6 Å². The van der Waals surface area contributed by atoms with Crippen LogP contribution in [0.4, 0.5) is 11.4 Å². The normalized spacial score (nSPS) is 16.8. The van der Waals surface area contributed by atoms with Crippen LogP contribution in [-0.4, -0.2) is 40.8 Å². The molecule has 0 bridgehead atoms. The first-order chi connectivity index (χ1) is 18.5. The predicted molar refractivity (Wildman–Crippen MR) is 146 cm³/mol. The third-order valence-electron chi connectivity index (χ3n) is 6.14. The summed E-state index contributed by atoms with van der Waals surface area (Å²) in [5, 5.41) is 16.3. The van der Waals surface area contributed by atoms with Crippen molar-refractivity contribution in [3.63, 3.8) is 0 Å². The maximum absolute atomic E-state index is 11.9. The van der Waals surface area contributed by atoms with Gasteiger partial charge in [0, 0.05) is 30.2 Å². The van der Waals surface area contributed by atoms with E-state index in [2.05, 4.69) is 15.6 Å². The van der Waals surface area contributed by atoms with Crippen LogP contribution in [0.5, 0.6) is 0 Å². The van der Waals surface area contributed by atoms with Gasteiger partial charge in [0.15, 0.2) is 5.11 Å². The molecule has 2 atom stereocenters. The molecule has 0 radical (unpaired) electrons. The van der Waals surface area contributed by atoms with Gasteiger partial charge in [0.25, 0.3) is 0 Å². The lowest BCUT2D eigenvalue weighted by atomic mass is 10.0. The predicted octanol–water partition coefficient (Wildman–Crippen LogP) is 4.80. The molecule has 0 spiro atoms. The molecule has 3 heterocycles. The molecule has 5 rings (SSSR count). The molecule has 2 aromatic carbocycles. The number of carbonyl (C=O) groups is 2. The number of carboxylic acids is 1. The fourth-order valence-corrected chi connectivity index (χ4v) is 4.84. The molecule has 9 nitrogen and oxygen atoms in total. The van der Waals surface area contributed by atoms with E-state index in [9.17, 15) is 14.7 Å². The van der Waals surface area contributed by atoms with Crippen molar-refractivity contribution in [1.29, 1.82) is 0 Å². The van der Waals surface area contributed by atoms with Crippen LogP contribution in [-0.2, 0) is 9.53 Å². The number of amides is 1. The summed E-state index contributed by atoms with van der Waals surface area (Å²) in [7, 11) is 1.46. The zero-order valence-electron chi connectivity index (χ0n) is 20.3. The minimum absolute atomic E-state index is 0.0401. The zero-order chi connectivity index (χ0) is 26.6. The van der Waals surface area contributed by atoms with Crippen molar-refractivity contribution in [2.24, 2.45) is 0 Å². The van der Waals surface area contributed by atoms with Crippen molar-refractivity contribution in [2.45, 2.75) is 12.1 Å². The van der Waals surface area contributed by atoms with Gasteiger partial charge in [-0.2, -0.15) is 0 Å². The van der Waals surface area contributed by atoms with Crippen molar-refractivity contribution < 1.29 is 23.8 Å². The van der Waals surface area contributed by atoms with E-state index in [0.29, 0.717) is 27.9 Å². The lowest BCUT2D eigenvalue weighted by Crippen LogP contribution is -2.29. The van der Waals surface area contributed by atoms with E-state index in [1.165, 1.54) is 7.11 Å². The van der Waals surface area contributed by atoms with Crippen LogP contribution in [0.25, 0.3) is 11.3 Å². The maximum atomic E-state index is 11.9. The van der Waals surface area contributed by atoms with Crippen molar-refractivity contribution in [2.75, 3.05) is 23.9 Å². The highest BCUT2D eigenvalue weighted by Crippen LogP contribution is 2.43. The highest BCUT2D eigenvalue weighted by molar-refractivity contribution is 7.80. The summed E-state index contributed by atoms with van der Waals surface area (Å²) in [5.41, 5.74) is 2.81. The van der Waals surface area contributed by atoms with Crippen LogP contribution >= 0.6 is 12.2 Å². The highest BCUT2D eigenvalue weighted by Gasteiger charge is 2.42. The molecular weight excluding hydrogens is 504 g/mol. The number of aromatic carboxylic acids is 1. The second-order valence-corrected chi connectivity index (χ2v) is 8.96. The quantitative estimate of drug-likeness (QED) is 0.277. The lowest BCUT2D eigenvalue weighted by Gasteiger charge is -2.26. The molecule has 10 heteroatoms. The van der Waals surface area contributed by atoms with Crippen molar-refractivity contribution in [3.8, 4) is 11.3 Å². The van der Waals surface area contributed by atoms with E-state index >= 15 is 0 Å². The van der Waals surface area contributed by atoms with E-state index in [1.807, 2.05) is 41.3 Å². The minimum Gasteiger partial charge on any atom is -0.478 e. The number of furan rings is 1. The highest BCUT2D eigenvalue weighted by atomic mass is 32.1. The number of aromatic nitrogens is 1. The van der Waals surface area contributed by atoms with Gasteiger partial charge in [-0.1, -0.05) is 24.3 Å². The van der Waals surface area contributed by atoms with Crippen molar-refractivity contribution in [1.82, 2.24) is 10.3 Å². The second kappa shape index (κ2) is 10.8. The number of hydrogen-bond donors (Lipinski definition) is 3. The topological polar surface area (TPSA) is 117 Å². The smallest absolute Gasteiger partial charge is 0.336 e. The molecule has 3 N–H and O–H groups in total. The summed E-state index contributed by atoms with van der Waals surface area (Å²) in [6, 6.07) is 22.5. The number of anilines is 2. The summed E-state index contributed by atoms with van der Waals surface area (Å²) in [4.78, 5) is 30.2. The number of ether oxygens (including phenoxy) is 1. The van der Waals surface area contributed by atoms with E-state index < -0.39 is 12.0 Å². The van der Waals surface area contributed by atoms with Crippen LogP contribution in [0, 0.1) is 0 Å². The molecule has 2 aromatic heterocycles. The van der Waals surface area contributed by atoms with Gasteiger partial charge in [-0.3, -0.25) is 9.78 Å². The molecule has 1 aliphatic rings. The Morgan fingerprint density at radius 3 is 2.55 bits per heavy atom. The third-order valence-corrected chi connectivity index (χ3v) is 6.46. The Morgan fingerprint density at radius 1 is 1.08 bits per heavy atom. The Kier molecular flexibility index (Phi) is 7.16. The van der Waals surface area contributed by atoms with E-state index in [1.54, 1.807) is 48.7 Å². The van der Waals surface area contributed by atoms with Gasteiger partial charge in [0.05, 0.1) is 17.3 Å². The number of hydrogen-bond acceptors (Lipinski definition) is 6. The van der Waals surface area contributed by atoms with Crippen LogP contribution in [0.15, 0.2) is 89.5 Å². The van der Waals surface area contributed by atoms with Gasteiger partial charge in [-0.25, -0.2) is 4.79 Å². The SMILES string of the molecule is COCC(=O)Nc1ccc(N2C(=S)N[C@@H](c3ccccn3)[C@@H]2c2ccc(-c3ccccc3C(=O)O)o2)cc1. The first kappa shape index (κ1) is 25.1. The summed E-state index contributed by atoms with van der Waals surface area (Å²) < 4.78 is 11.2. The second-order valence-electron chi connectivity index (χ2n) is 8.58. The number of pyridine rings is 1. The molecule has 1 saturated heterocycles. The van der Waals surface area contributed by atoms with Crippen LogP contribution in [0.1, 0.15) is 33.9 Å². The van der Waals surface area contributed by atoms with Crippen molar-refractivity contribution in [3.05, 3.63) is 102 Å². The molecule has 0 unspecified atom stereocenters. The summed E-state index contributed by atoms with van der Waals surface area (Å²) in [5.74, 6) is -0.267. The number of carboxylic acid groups (broad SMARTS) is 1. The number of carbonyl (C=O) groups excluding carboxylic acids is 1. The fraction of sp³-hybridized carbons (Fsp3) is 0.143. The van der Waals surface area contributed by atoms with Gasteiger partial charge in [-0.15, -0.1) is 0 Å². The number of methoxy groups -OCH3 is 1. The number of benzene rings is 2. The zero-order valence-corrected chi connectivity index (χ0v) is 21.1. The van der Waals surface area contributed by atoms with E-state index in [0.717, 1.165) is 11.4 Å². The van der Waals surface area contributed by atoms with Gasteiger partial charge in [-0.05, 0) is 66.8 Å². The molecule has 192 valence electrons. The Hall–Kier alpha value is -4.54. The number of thiocarbonyl (C=S) groups is 1. The minimum atomic E-state index is -1.03. The molecule has 1 amide bonds. The average molecular weight is 529 g/mol. The molecule has 0 saturated carbocycles. The Bertz CT molecular complexity index is 1470. The van der Waals surface area contributed by atoms with Crippen LogP contribution < -0.4 is 15.5 Å². The molecule has 0 aliphatic carbocycles. The third kappa shape index (κ3) is 4.99. The monoisotopic (exact) mass is 528 g/mol. The number of nitrogens with one attached hydrogen (secondary N) is 2. The van der Waals surface area contributed by atoms with E-state index in [-0.39, 0.29) is 24.1 Å². The summed E-state index contributed by atoms with van der Waals surface area (Å²) in [6.45, 7) is -0.0401. The largest absolute Gasteiger partial charge is 0.478 e. The first-order valence-corrected chi connectivity index (χ1v) is 12.2. The summed E-state index contributed by atoms with van der Waals surface area (Å²) >= 11 is 5.75. The standard InChI is InChI=1S/C28H24N4O5S/c1-36-16-24(33)30-17-9-11-18(12-10-17)32-26(25(31-28(32)38)21-8-4-5-15-29-21)23-14-13-22(37-23)19-6-2-3-7-20(19)27(34)35/h2-15,25-26H,16H2,1H3,(H,30,33)(H,31,38)(H,34,35)/t25-,26-/m0/s1. The fourth-order valence-electron chi connectivity index (χ4n) is 4.50. The van der Waals surface area contributed by atoms with Gasteiger partial charge in [0.2, 0.25) is 5.91 Å². The summed E-state index contributed by atoms with van der Waals surface area (Å²) in [6.07, 6.45) is 1.72. The van der Waals surface area contributed by atoms with Crippen LogP contribution in [0.3, 0.4) is 0 Å². The Morgan fingerprint density at radius 2 is 1.84 bits per heavy atom. The number of rotatable bonds is 8. The Labute approximate surface area is 224 Å². The average Bonchev–Trinajstić information content (AvgIpc) is 3.54. The molecule has 38 heavy (non-hydrogen) atoms. The van der Waals surface area contributed by atoms with Gasteiger partial charge < -0.3 is 29.8 Å². The maximum Gasteiger partial charge on any atom is 0.336 e.